The van der Waals surface area contributed by atoms with Crippen molar-refractivity contribution in [2.75, 3.05) is 33.3 Å². The van der Waals surface area contributed by atoms with Gasteiger partial charge in [-0.3, -0.25) is 9.79 Å². The van der Waals surface area contributed by atoms with Crippen LogP contribution in [0.25, 0.3) is 0 Å². The van der Waals surface area contributed by atoms with Crippen molar-refractivity contribution < 1.29 is 19.0 Å². The molecule has 0 radical (unpaired) electrons. The van der Waals surface area contributed by atoms with Gasteiger partial charge in [0.05, 0.1) is 38.3 Å². The first-order valence-electron chi connectivity index (χ1n) is 8.02. The average Bonchev–Trinajstić information content (AvgIpc) is 2.77. The molecular formula is C19H21N3O4. The monoisotopic (exact) mass is 355 g/mol. The van der Waals surface area contributed by atoms with Crippen molar-refractivity contribution in [2.24, 2.45) is 10.7 Å². The topological polar surface area (TPSA) is 86.4 Å². The predicted molar refractivity (Wildman–Crippen MR) is 99.6 cm³/mol. The fourth-order valence-corrected chi connectivity index (χ4v) is 2.99. The van der Waals surface area contributed by atoms with E-state index in [9.17, 15) is 4.79 Å². The number of hydrogen-bond acceptors (Lipinski definition) is 6. The van der Waals surface area contributed by atoms with Crippen molar-refractivity contribution in [1.29, 1.82) is 0 Å². The molecule has 2 N–H and O–H groups in total. The fraction of sp³-hybridized carbons (Fsp3) is 0.263. The van der Waals surface area contributed by atoms with Crippen LogP contribution in [-0.2, 0) is 4.79 Å². The van der Waals surface area contributed by atoms with Crippen molar-refractivity contribution in [3.05, 3.63) is 47.5 Å². The number of anilines is 1. The van der Waals surface area contributed by atoms with E-state index in [-0.39, 0.29) is 5.91 Å². The lowest BCUT2D eigenvalue weighted by molar-refractivity contribution is -0.119. The van der Waals surface area contributed by atoms with Crippen molar-refractivity contribution in [3.8, 4) is 17.2 Å². The third-order valence-electron chi connectivity index (χ3n) is 4.32. The van der Waals surface area contributed by atoms with Gasteiger partial charge >= 0.3 is 0 Å². The van der Waals surface area contributed by atoms with Crippen molar-refractivity contribution in [2.45, 2.75) is 6.17 Å². The molecule has 1 heterocycles. The number of rotatable bonds is 4. The second-order valence-electron chi connectivity index (χ2n) is 5.74. The highest BCUT2D eigenvalue weighted by Gasteiger charge is 2.30. The Balaban J connectivity index is 2.33. The zero-order valence-electron chi connectivity index (χ0n) is 15.1. The summed E-state index contributed by atoms with van der Waals surface area (Å²) < 4.78 is 16.4. The lowest BCUT2D eigenvalue weighted by Gasteiger charge is -2.20. The molecule has 0 spiro atoms. The lowest BCUT2D eigenvalue weighted by Crippen LogP contribution is -2.39. The summed E-state index contributed by atoms with van der Waals surface area (Å²) in [5.41, 5.74) is 8.65. The van der Waals surface area contributed by atoms with Crippen LogP contribution in [0.2, 0.25) is 0 Å². The summed E-state index contributed by atoms with van der Waals surface area (Å²) in [4.78, 5) is 18.5. The number of nitrogens with zero attached hydrogens (tertiary/aromatic N) is 2. The lowest BCUT2D eigenvalue weighted by atomic mass is 9.98. The molecule has 26 heavy (non-hydrogen) atoms. The summed E-state index contributed by atoms with van der Waals surface area (Å²) in [6.45, 7) is 0. The van der Waals surface area contributed by atoms with E-state index in [2.05, 4.69) is 4.99 Å². The minimum atomic E-state index is -1.03. The minimum absolute atomic E-state index is 0.293. The first-order valence-corrected chi connectivity index (χ1v) is 8.02. The smallest absolute Gasteiger partial charge is 0.266 e. The van der Waals surface area contributed by atoms with Crippen LogP contribution in [0.1, 0.15) is 11.1 Å². The summed E-state index contributed by atoms with van der Waals surface area (Å²) >= 11 is 0. The van der Waals surface area contributed by atoms with Crippen LogP contribution in [0.15, 0.2) is 41.4 Å². The van der Waals surface area contributed by atoms with E-state index in [1.165, 1.54) is 4.90 Å². The molecule has 0 fully saturated rings. The highest BCUT2D eigenvalue weighted by Crippen LogP contribution is 2.38. The maximum absolute atomic E-state index is 12.5. The van der Waals surface area contributed by atoms with Crippen molar-refractivity contribution >= 4 is 17.3 Å². The molecule has 7 nitrogen and oxygen atoms in total. The van der Waals surface area contributed by atoms with E-state index in [0.717, 1.165) is 5.56 Å². The molecule has 0 bridgehead atoms. The Kier molecular flexibility index (Phi) is 4.81. The van der Waals surface area contributed by atoms with Gasteiger partial charge in [-0.2, -0.15) is 0 Å². The molecule has 0 saturated heterocycles. The van der Waals surface area contributed by atoms with E-state index in [0.29, 0.717) is 34.2 Å². The molecule has 1 atom stereocenters. The van der Waals surface area contributed by atoms with Gasteiger partial charge in [0.25, 0.3) is 5.91 Å². The molecule has 1 aliphatic rings. The molecule has 0 aromatic heterocycles. The number of aliphatic imine (C=N–C) groups is 1. The van der Waals surface area contributed by atoms with Crippen LogP contribution < -0.4 is 24.8 Å². The maximum atomic E-state index is 12.5. The van der Waals surface area contributed by atoms with Crippen LogP contribution in [0, 0.1) is 0 Å². The number of benzodiazepines with no additional fused rings is 1. The van der Waals surface area contributed by atoms with E-state index in [1.54, 1.807) is 40.5 Å². The summed E-state index contributed by atoms with van der Waals surface area (Å²) in [5.74, 6) is 1.32. The number of methoxy groups -OCH3 is 3. The Morgan fingerprint density at radius 3 is 2.23 bits per heavy atom. The van der Waals surface area contributed by atoms with E-state index < -0.39 is 6.17 Å². The van der Waals surface area contributed by atoms with Gasteiger partial charge in [-0.15, -0.1) is 0 Å². The Labute approximate surface area is 152 Å². The number of benzene rings is 2. The number of carbonyl (C=O) groups is 1. The molecule has 7 heteroatoms. The zero-order valence-corrected chi connectivity index (χ0v) is 15.1. The second kappa shape index (κ2) is 7.05. The van der Waals surface area contributed by atoms with E-state index in [1.807, 2.05) is 24.3 Å². The van der Waals surface area contributed by atoms with Crippen LogP contribution >= 0.6 is 0 Å². The van der Waals surface area contributed by atoms with Crippen molar-refractivity contribution in [3.63, 3.8) is 0 Å². The summed E-state index contributed by atoms with van der Waals surface area (Å²) in [7, 11) is 6.36. The van der Waals surface area contributed by atoms with E-state index in [4.69, 9.17) is 19.9 Å². The van der Waals surface area contributed by atoms with Crippen LogP contribution in [0.5, 0.6) is 17.2 Å². The Morgan fingerprint density at radius 2 is 1.65 bits per heavy atom. The summed E-state index contributed by atoms with van der Waals surface area (Å²) in [6, 6.07) is 11.0. The highest BCUT2D eigenvalue weighted by atomic mass is 16.5. The zero-order chi connectivity index (χ0) is 18.8. The molecule has 136 valence electrons. The van der Waals surface area contributed by atoms with E-state index >= 15 is 0 Å². The molecule has 0 saturated carbocycles. The minimum Gasteiger partial charge on any atom is -0.496 e. The van der Waals surface area contributed by atoms with Gasteiger partial charge in [0, 0.05) is 24.7 Å². The van der Waals surface area contributed by atoms with Crippen LogP contribution in [0.4, 0.5) is 5.69 Å². The quantitative estimate of drug-likeness (QED) is 0.904. The van der Waals surface area contributed by atoms with Gasteiger partial charge in [-0.05, 0) is 6.07 Å². The van der Waals surface area contributed by atoms with Crippen LogP contribution in [0.3, 0.4) is 0 Å². The number of para-hydroxylation sites is 1. The number of nitrogens with two attached hydrogens (primary N) is 1. The summed E-state index contributed by atoms with van der Waals surface area (Å²) in [6.07, 6.45) is -1.03. The van der Waals surface area contributed by atoms with Gasteiger partial charge < -0.3 is 24.8 Å². The predicted octanol–water partition coefficient (Wildman–Crippen LogP) is 1.81. The molecular weight excluding hydrogens is 334 g/mol. The van der Waals surface area contributed by atoms with Gasteiger partial charge in [-0.1, -0.05) is 18.2 Å². The Morgan fingerprint density at radius 1 is 1.04 bits per heavy atom. The second-order valence-corrected chi connectivity index (χ2v) is 5.74. The number of ether oxygens (including phenoxy) is 3. The number of amides is 1. The third-order valence-corrected chi connectivity index (χ3v) is 4.32. The highest BCUT2D eigenvalue weighted by molar-refractivity contribution is 6.22. The first-order chi connectivity index (χ1) is 12.5. The molecule has 0 aliphatic carbocycles. The Hall–Kier alpha value is -3.06. The molecule has 2 aromatic carbocycles. The number of fused-ring (bicyclic) bond motifs is 1. The normalized spacial score (nSPS) is 16.5. The third kappa shape index (κ3) is 2.86. The SMILES string of the molecule is COc1cc(OC)c(C2=NC(N)C(=O)N(C)c3ccccc32)c(OC)c1. The largest absolute Gasteiger partial charge is 0.496 e. The molecule has 2 aromatic rings. The van der Waals surface area contributed by atoms with Gasteiger partial charge in [0.2, 0.25) is 0 Å². The standard InChI is InChI=1S/C19H21N3O4/c1-22-13-8-6-5-7-12(13)17(21-18(20)19(22)23)16-14(25-3)9-11(24-2)10-15(16)26-4/h5-10,18H,20H2,1-4H3. The van der Waals surface area contributed by atoms with Gasteiger partial charge in [0.15, 0.2) is 6.17 Å². The molecule has 1 amide bonds. The summed E-state index contributed by atoms with van der Waals surface area (Å²) in [5, 5.41) is 0. The molecule has 3 rings (SSSR count). The van der Waals surface area contributed by atoms with Crippen LogP contribution in [-0.4, -0.2) is 46.2 Å². The Bertz CT molecular complexity index is 854. The first kappa shape index (κ1) is 17.8. The molecule has 1 unspecified atom stereocenters. The average molecular weight is 355 g/mol. The number of hydrogen-bond donors (Lipinski definition) is 1. The van der Waals surface area contributed by atoms with Crippen molar-refractivity contribution in [1.82, 2.24) is 0 Å². The number of likely N-dealkylation sites (N-methyl/N-ethyl adjacent to an activating group) is 1. The van der Waals surface area contributed by atoms with Gasteiger partial charge in [0.1, 0.15) is 17.2 Å². The number of carbonyl (C=O) groups excluding carboxylic acids is 1. The molecule has 1 aliphatic heterocycles. The maximum Gasteiger partial charge on any atom is 0.266 e. The van der Waals surface area contributed by atoms with Gasteiger partial charge in [-0.25, -0.2) is 0 Å². The fourth-order valence-electron chi connectivity index (χ4n) is 2.99.